The summed E-state index contributed by atoms with van der Waals surface area (Å²) >= 11 is 0. The number of hydrogen-bond donors (Lipinski definition) is 0. The van der Waals surface area contributed by atoms with E-state index in [-0.39, 0.29) is 31.1 Å². The highest BCUT2D eigenvalue weighted by molar-refractivity contribution is 7.89. The number of likely N-dealkylation sites (N-methyl/N-ethyl adjacent to an activating group) is 1. The zero-order chi connectivity index (χ0) is 22.5. The summed E-state index contributed by atoms with van der Waals surface area (Å²) < 4.78 is 66.7. The first-order chi connectivity index (χ1) is 14.7. The van der Waals surface area contributed by atoms with Crippen LogP contribution in [0.5, 0.6) is 5.75 Å². The lowest BCUT2D eigenvalue weighted by atomic mass is 10.3. The van der Waals surface area contributed by atoms with Gasteiger partial charge in [-0.15, -0.1) is 0 Å². The Bertz CT molecular complexity index is 907. The molecule has 12 heteroatoms. The zero-order valence-electron chi connectivity index (χ0n) is 18.1. The van der Waals surface area contributed by atoms with Gasteiger partial charge in [-0.25, -0.2) is 8.42 Å². The van der Waals surface area contributed by atoms with Crippen LogP contribution >= 0.6 is 0 Å². The van der Waals surface area contributed by atoms with Gasteiger partial charge in [-0.05, 0) is 38.2 Å². The summed E-state index contributed by atoms with van der Waals surface area (Å²) in [7, 11) is -5.30. The summed E-state index contributed by atoms with van der Waals surface area (Å²) in [5, 5.41) is 0. The maximum absolute atomic E-state index is 13.0. The average Bonchev–Trinajstić information content (AvgIpc) is 2.77. The van der Waals surface area contributed by atoms with E-state index in [0.29, 0.717) is 51.7 Å². The summed E-state index contributed by atoms with van der Waals surface area (Å²) in [6.07, 6.45) is 0. The molecule has 0 radical (unpaired) electrons. The second-order valence-corrected chi connectivity index (χ2v) is 11.4. The number of ether oxygens (including phenoxy) is 2. The number of sulfonamides is 1. The van der Waals surface area contributed by atoms with Crippen LogP contribution in [0, 0.1) is 0 Å². The van der Waals surface area contributed by atoms with Crippen molar-refractivity contribution in [3.63, 3.8) is 0 Å². The third-order valence-corrected chi connectivity index (χ3v) is 9.42. The van der Waals surface area contributed by atoms with Gasteiger partial charge in [0.25, 0.3) is 10.2 Å². The number of benzene rings is 1. The van der Waals surface area contributed by atoms with E-state index in [1.54, 1.807) is 12.1 Å². The van der Waals surface area contributed by atoms with E-state index >= 15 is 0 Å². The molecular formula is C19H32N4O6S2. The predicted octanol–water partition coefficient (Wildman–Crippen LogP) is -0.0996. The van der Waals surface area contributed by atoms with Crippen LogP contribution in [0.1, 0.15) is 6.92 Å². The molecule has 1 aromatic carbocycles. The van der Waals surface area contributed by atoms with Gasteiger partial charge in [0.1, 0.15) is 12.4 Å². The molecule has 10 nitrogen and oxygen atoms in total. The fourth-order valence-corrected chi connectivity index (χ4v) is 6.54. The van der Waals surface area contributed by atoms with Gasteiger partial charge in [-0.1, -0.05) is 0 Å². The first kappa shape index (κ1) is 24.4. The number of rotatable bonds is 9. The molecule has 2 aliphatic rings. The van der Waals surface area contributed by atoms with E-state index in [1.807, 2.05) is 14.0 Å². The Morgan fingerprint density at radius 1 is 0.774 bits per heavy atom. The van der Waals surface area contributed by atoms with Gasteiger partial charge in [0, 0.05) is 59.0 Å². The van der Waals surface area contributed by atoms with Crippen LogP contribution in [0.15, 0.2) is 29.2 Å². The number of nitrogens with zero attached hydrogens (tertiary/aromatic N) is 4. The molecule has 31 heavy (non-hydrogen) atoms. The molecule has 0 N–H and O–H groups in total. The van der Waals surface area contributed by atoms with Crippen LogP contribution in [0.4, 0.5) is 0 Å². The van der Waals surface area contributed by atoms with Gasteiger partial charge in [-0.3, -0.25) is 0 Å². The minimum atomic E-state index is -3.70. The Hall–Kier alpha value is -1.28. The minimum Gasteiger partial charge on any atom is -0.491 e. The summed E-state index contributed by atoms with van der Waals surface area (Å²) in [5.41, 5.74) is 0. The van der Waals surface area contributed by atoms with E-state index in [9.17, 15) is 16.8 Å². The fourth-order valence-electron chi connectivity index (χ4n) is 3.54. The van der Waals surface area contributed by atoms with Gasteiger partial charge in [0.15, 0.2) is 0 Å². The first-order valence-electron chi connectivity index (χ1n) is 10.5. The lowest BCUT2D eigenvalue weighted by Crippen LogP contribution is -2.57. The van der Waals surface area contributed by atoms with Crippen molar-refractivity contribution in [2.45, 2.75) is 11.8 Å². The third-order valence-electron chi connectivity index (χ3n) is 5.47. The van der Waals surface area contributed by atoms with Crippen LogP contribution in [0.2, 0.25) is 0 Å². The molecule has 0 unspecified atom stereocenters. The molecule has 0 amide bonds. The van der Waals surface area contributed by atoms with Crippen molar-refractivity contribution in [1.82, 2.24) is 17.8 Å². The van der Waals surface area contributed by atoms with Gasteiger partial charge < -0.3 is 14.4 Å². The lowest BCUT2D eigenvalue weighted by Gasteiger charge is -2.38. The van der Waals surface area contributed by atoms with Crippen LogP contribution in [0.3, 0.4) is 0 Å². The van der Waals surface area contributed by atoms with Crippen LogP contribution in [-0.2, 0) is 25.0 Å². The van der Waals surface area contributed by atoms with Gasteiger partial charge in [-0.2, -0.15) is 21.3 Å². The molecular weight excluding hydrogens is 444 g/mol. The molecule has 3 rings (SSSR count). The predicted molar refractivity (Wildman–Crippen MR) is 117 cm³/mol. The van der Waals surface area contributed by atoms with E-state index in [2.05, 4.69) is 4.90 Å². The average molecular weight is 477 g/mol. The Morgan fingerprint density at radius 2 is 1.29 bits per heavy atom. The number of hydrogen-bond acceptors (Lipinski definition) is 7. The normalized spacial score (nSPS) is 20.7. The quantitative estimate of drug-likeness (QED) is 0.459. The van der Waals surface area contributed by atoms with E-state index in [4.69, 9.17) is 9.47 Å². The number of piperazine rings is 2. The lowest BCUT2D eigenvalue weighted by molar-refractivity contribution is 0.110. The molecule has 2 heterocycles. The van der Waals surface area contributed by atoms with E-state index in [0.717, 1.165) is 0 Å². The molecule has 0 atom stereocenters. The van der Waals surface area contributed by atoms with Crippen molar-refractivity contribution in [3.05, 3.63) is 24.3 Å². The van der Waals surface area contributed by atoms with Crippen LogP contribution < -0.4 is 4.74 Å². The minimum absolute atomic E-state index is 0.127. The second-order valence-electron chi connectivity index (χ2n) is 7.53. The Morgan fingerprint density at radius 3 is 1.84 bits per heavy atom. The molecule has 0 aromatic heterocycles. The monoisotopic (exact) mass is 476 g/mol. The van der Waals surface area contributed by atoms with Crippen molar-refractivity contribution < 1.29 is 26.3 Å². The van der Waals surface area contributed by atoms with Crippen LogP contribution in [-0.4, -0.2) is 114 Å². The molecule has 176 valence electrons. The molecule has 0 bridgehead atoms. The standard InChI is InChI=1S/C19H32N4O6S2/c1-3-28-16-17-29-18-4-6-19(7-5-18)30(24,25)21-12-14-23(15-13-21)31(26,27)22-10-8-20(2)9-11-22/h4-7H,3,8-17H2,1-2H3. The summed E-state index contributed by atoms with van der Waals surface area (Å²) in [6, 6.07) is 6.26. The highest BCUT2D eigenvalue weighted by Crippen LogP contribution is 2.22. The van der Waals surface area contributed by atoms with Gasteiger partial charge >= 0.3 is 0 Å². The molecule has 2 fully saturated rings. The maximum atomic E-state index is 13.0. The van der Waals surface area contributed by atoms with Crippen molar-refractivity contribution in [2.24, 2.45) is 0 Å². The summed E-state index contributed by atoms with van der Waals surface area (Å²) in [5.74, 6) is 0.571. The Kier molecular flexibility index (Phi) is 8.30. The summed E-state index contributed by atoms with van der Waals surface area (Å²) in [6.45, 7) is 6.22. The fraction of sp³-hybridized carbons (Fsp3) is 0.684. The van der Waals surface area contributed by atoms with Crippen molar-refractivity contribution in [3.8, 4) is 5.75 Å². The topological polar surface area (TPSA) is 99.7 Å². The smallest absolute Gasteiger partial charge is 0.282 e. The second kappa shape index (κ2) is 10.6. The maximum Gasteiger partial charge on any atom is 0.282 e. The highest BCUT2D eigenvalue weighted by Gasteiger charge is 2.36. The van der Waals surface area contributed by atoms with Gasteiger partial charge in [0.2, 0.25) is 10.0 Å². The molecule has 1 aromatic rings. The Labute approximate surface area is 185 Å². The van der Waals surface area contributed by atoms with Crippen LogP contribution in [0.25, 0.3) is 0 Å². The molecule has 2 saturated heterocycles. The zero-order valence-corrected chi connectivity index (χ0v) is 19.8. The van der Waals surface area contributed by atoms with Gasteiger partial charge in [0.05, 0.1) is 11.5 Å². The third kappa shape index (κ3) is 5.95. The van der Waals surface area contributed by atoms with Crippen molar-refractivity contribution in [2.75, 3.05) is 79.2 Å². The van der Waals surface area contributed by atoms with E-state index < -0.39 is 20.2 Å². The van der Waals surface area contributed by atoms with Crippen molar-refractivity contribution >= 4 is 20.2 Å². The highest BCUT2D eigenvalue weighted by atomic mass is 32.2. The first-order valence-corrected chi connectivity index (χ1v) is 13.3. The molecule has 2 aliphatic heterocycles. The molecule has 0 saturated carbocycles. The summed E-state index contributed by atoms with van der Waals surface area (Å²) in [4.78, 5) is 2.26. The SMILES string of the molecule is CCOCCOc1ccc(S(=O)(=O)N2CCN(S(=O)(=O)N3CCN(C)CC3)CC2)cc1. The van der Waals surface area contributed by atoms with Crippen molar-refractivity contribution in [1.29, 1.82) is 0 Å². The Balaban J connectivity index is 1.57. The largest absolute Gasteiger partial charge is 0.491 e. The van der Waals surface area contributed by atoms with E-state index in [1.165, 1.54) is 25.0 Å². The molecule has 0 spiro atoms. The molecule has 0 aliphatic carbocycles.